The zero-order valence-corrected chi connectivity index (χ0v) is 27.4. The Bertz CT molecular complexity index is 1780. The van der Waals surface area contributed by atoms with E-state index in [9.17, 15) is 27.6 Å². The van der Waals surface area contributed by atoms with Crippen molar-refractivity contribution >= 4 is 35.1 Å². The molecule has 16 heteroatoms. The van der Waals surface area contributed by atoms with Crippen LogP contribution in [0.15, 0.2) is 30.3 Å². The van der Waals surface area contributed by atoms with Gasteiger partial charge in [0.05, 0.1) is 29.4 Å². The minimum absolute atomic E-state index is 0.0103. The van der Waals surface area contributed by atoms with Gasteiger partial charge in [0.2, 0.25) is 11.8 Å². The number of alkyl halides is 3. The van der Waals surface area contributed by atoms with Crippen molar-refractivity contribution in [3.05, 3.63) is 59.1 Å². The Balaban J connectivity index is 1.31. The maximum absolute atomic E-state index is 15.7. The first-order valence-corrected chi connectivity index (χ1v) is 15.5. The monoisotopic (exact) mass is 672 g/mol. The van der Waals surface area contributed by atoms with Crippen LogP contribution in [0.1, 0.15) is 56.0 Å². The minimum atomic E-state index is -4.69. The maximum Gasteiger partial charge on any atom is 0.416 e. The van der Waals surface area contributed by atoms with Crippen LogP contribution in [-0.2, 0) is 34.1 Å². The van der Waals surface area contributed by atoms with Gasteiger partial charge >= 0.3 is 12.3 Å². The molecule has 6 rings (SSSR count). The number of rotatable bonds is 4. The number of likely N-dealkylation sites (N-methyl/N-ethyl adjacent to an activating group) is 1. The molecule has 1 aromatic carbocycles. The van der Waals surface area contributed by atoms with Crippen molar-refractivity contribution in [2.24, 2.45) is 13.0 Å². The molecule has 0 N–H and O–H groups in total. The van der Waals surface area contributed by atoms with Crippen LogP contribution < -0.4 is 14.7 Å². The van der Waals surface area contributed by atoms with Gasteiger partial charge in [-0.2, -0.15) is 18.3 Å². The minimum Gasteiger partial charge on any atom is -0.444 e. The van der Waals surface area contributed by atoms with E-state index >= 15 is 4.39 Å². The number of ether oxygens (including phenoxy) is 1. The summed E-state index contributed by atoms with van der Waals surface area (Å²) in [6.45, 7) is 7.55. The second-order valence-corrected chi connectivity index (χ2v) is 13.5. The Kier molecular flexibility index (Phi) is 8.11. The molecule has 0 radical (unpaired) electrons. The lowest BCUT2D eigenvalue weighted by molar-refractivity contribution is -0.137. The number of carbonyl (C=O) groups excluding carboxylic acids is 3. The predicted octanol–water partition coefficient (Wildman–Crippen LogP) is 4.42. The van der Waals surface area contributed by atoms with Crippen molar-refractivity contribution in [3.8, 4) is 0 Å². The van der Waals surface area contributed by atoms with Gasteiger partial charge in [-0.1, -0.05) is 6.07 Å². The van der Waals surface area contributed by atoms with E-state index in [1.807, 2.05) is 0 Å². The first-order valence-electron chi connectivity index (χ1n) is 15.5. The highest BCUT2D eigenvalue weighted by molar-refractivity contribution is 6.10. The molecule has 0 bridgehead atoms. The van der Waals surface area contributed by atoms with Crippen molar-refractivity contribution in [3.63, 3.8) is 0 Å². The molecule has 3 amide bonds. The fourth-order valence-electron chi connectivity index (χ4n) is 6.44. The first kappa shape index (κ1) is 33.2. The number of likely N-dealkylation sites (tertiary alicyclic amines) is 1. The van der Waals surface area contributed by atoms with Crippen LogP contribution in [0.4, 0.5) is 39.5 Å². The largest absolute Gasteiger partial charge is 0.444 e. The van der Waals surface area contributed by atoms with Crippen molar-refractivity contribution in [2.45, 2.75) is 64.4 Å². The Morgan fingerprint density at radius 1 is 1.04 bits per heavy atom. The second kappa shape index (κ2) is 11.7. The van der Waals surface area contributed by atoms with E-state index in [2.05, 4.69) is 10.1 Å². The molecule has 2 fully saturated rings. The third kappa shape index (κ3) is 6.15. The Hall–Kier alpha value is -4.76. The number of pyridine rings is 1. The fourth-order valence-corrected chi connectivity index (χ4v) is 6.44. The number of benzene rings is 1. The summed E-state index contributed by atoms with van der Waals surface area (Å²) in [5.41, 5.74) is -1.23. The lowest BCUT2D eigenvalue weighted by Crippen LogP contribution is -2.52. The van der Waals surface area contributed by atoms with Gasteiger partial charge in [0.15, 0.2) is 5.82 Å². The lowest BCUT2D eigenvalue weighted by Gasteiger charge is -2.38. The summed E-state index contributed by atoms with van der Waals surface area (Å²) >= 11 is 0. The summed E-state index contributed by atoms with van der Waals surface area (Å²) in [5.74, 6) is -1.89. The number of anilines is 3. The molecular formula is C32H36F4N8O4. The number of carbonyl (C=O) groups is 3. The van der Waals surface area contributed by atoms with Crippen LogP contribution in [0.5, 0.6) is 0 Å². The number of para-hydroxylation sites is 1. The second-order valence-electron chi connectivity index (χ2n) is 13.5. The van der Waals surface area contributed by atoms with Gasteiger partial charge in [-0.3, -0.25) is 19.2 Å². The van der Waals surface area contributed by atoms with E-state index in [4.69, 9.17) is 9.72 Å². The number of nitrogens with zero attached hydrogens (tertiary/aromatic N) is 8. The average molecular weight is 673 g/mol. The smallest absolute Gasteiger partial charge is 0.416 e. The molecule has 3 aliphatic rings. The topological polar surface area (TPSA) is 117 Å². The molecule has 12 nitrogen and oxygen atoms in total. The van der Waals surface area contributed by atoms with E-state index in [0.29, 0.717) is 24.7 Å². The molecule has 0 saturated carbocycles. The molecule has 2 atom stereocenters. The van der Waals surface area contributed by atoms with Crippen LogP contribution in [0.3, 0.4) is 0 Å². The summed E-state index contributed by atoms with van der Waals surface area (Å²) in [6, 6.07) is 4.75. The molecule has 5 heterocycles. The number of amides is 3. The molecule has 2 saturated heterocycles. The fraction of sp³-hybridized carbons (Fsp3) is 0.500. The Morgan fingerprint density at radius 2 is 1.75 bits per heavy atom. The number of aromatic nitrogens is 4. The third-order valence-corrected chi connectivity index (χ3v) is 8.73. The number of aryl methyl sites for hydroxylation is 2. The van der Waals surface area contributed by atoms with Gasteiger partial charge in [0, 0.05) is 51.8 Å². The van der Waals surface area contributed by atoms with E-state index in [0.717, 1.165) is 17.0 Å². The van der Waals surface area contributed by atoms with E-state index in [1.165, 1.54) is 31.0 Å². The van der Waals surface area contributed by atoms with E-state index < -0.39 is 53.0 Å². The Labute approximate surface area is 274 Å². The quantitative estimate of drug-likeness (QED) is 0.375. The SMILES string of the molecule is Cc1cc(C(F)(F)F)cc(N2C(=O)C[C@@H]3CN(Cc4nc(C5CN(C(=O)OC(C)(C)C)C5)nn4C)c4c(F)cccc4N(C)C(=O)[C@H]32)n1. The van der Waals surface area contributed by atoms with Crippen LogP contribution in [0.25, 0.3) is 0 Å². The first-order chi connectivity index (χ1) is 22.4. The summed E-state index contributed by atoms with van der Waals surface area (Å²) in [6.07, 6.45) is -5.29. The van der Waals surface area contributed by atoms with Crippen LogP contribution in [-0.4, -0.2) is 80.9 Å². The van der Waals surface area contributed by atoms with E-state index in [-0.39, 0.29) is 48.3 Å². The summed E-state index contributed by atoms with van der Waals surface area (Å²) < 4.78 is 63.8. The van der Waals surface area contributed by atoms with Gasteiger partial charge in [-0.15, -0.1) is 0 Å². The zero-order valence-electron chi connectivity index (χ0n) is 27.4. The highest BCUT2D eigenvalue weighted by Crippen LogP contribution is 2.42. The third-order valence-electron chi connectivity index (χ3n) is 8.73. The number of fused-ring (bicyclic) bond motifs is 2. The highest BCUT2D eigenvalue weighted by Gasteiger charge is 2.50. The Morgan fingerprint density at radius 3 is 2.42 bits per heavy atom. The molecule has 0 spiro atoms. The summed E-state index contributed by atoms with van der Waals surface area (Å²) in [4.78, 5) is 54.4. The molecule has 0 aliphatic carbocycles. The molecule has 48 heavy (non-hydrogen) atoms. The molecule has 0 unspecified atom stereocenters. The number of halogens is 4. The van der Waals surface area contributed by atoms with Gasteiger partial charge in [-0.05, 0) is 52.0 Å². The maximum atomic E-state index is 15.7. The van der Waals surface area contributed by atoms with Gasteiger partial charge < -0.3 is 19.4 Å². The van der Waals surface area contributed by atoms with Crippen LogP contribution >= 0.6 is 0 Å². The number of hydrogen-bond donors (Lipinski definition) is 0. The van der Waals surface area contributed by atoms with Crippen molar-refractivity contribution in [1.82, 2.24) is 24.6 Å². The summed E-state index contributed by atoms with van der Waals surface area (Å²) in [5, 5.41) is 4.56. The number of hydrogen-bond acceptors (Lipinski definition) is 8. The van der Waals surface area contributed by atoms with Crippen LogP contribution in [0, 0.1) is 18.7 Å². The molecule has 2 aromatic heterocycles. The molecule has 3 aromatic rings. The molecule has 3 aliphatic heterocycles. The lowest BCUT2D eigenvalue weighted by atomic mass is 9.95. The molecular weight excluding hydrogens is 636 g/mol. The normalized spacial score (nSPS) is 20.4. The van der Waals surface area contributed by atoms with Crippen LogP contribution in [0.2, 0.25) is 0 Å². The molecule has 256 valence electrons. The van der Waals surface area contributed by atoms with Crippen molar-refractivity contribution in [2.75, 3.05) is 41.4 Å². The summed E-state index contributed by atoms with van der Waals surface area (Å²) in [7, 11) is 3.14. The zero-order chi connectivity index (χ0) is 34.9. The predicted molar refractivity (Wildman–Crippen MR) is 166 cm³/mol. The van der Waals surface area contributed by atoms with Gasteiger partial charge in [0.1, 0.15) is 29.1 Å². The van der Waals surface area contributed by atoms with E-state index in [1.54, 1.807) is 48.4 Å². The average Bonchev–Trinajstić information content (AvgIpc) is 3.46. The van der Waals surface area contributed by atoms with Crippen molar-refractivity contribution < 1.29 is 36.7 Å². The van der Waals surface area contributed by atoms with Gasteiger partial charge in [-0.25, -0.2) is 19.2 Å². The highest BCUT2D eigenvalue weighted by atomic mass is 19.4. The van der Waals surface area contributed by atoms with Gasteiger partial charge in [0.25, 0.3) is 0 Å². The van der Waals surface area contributed by atoms with Crippen molar-refractivity contribution in [1.29, 1.82) is 0 Å². The standard InChI is InChI=1S/C32H36F4N8O4/c1-17-10-20(32(34,35)36)12-23(37-17)44-25(45)11-18-13-42(27-21(33)8-7-9-22(27)40(5)29(46)26(18)44)16-24-38-28(39-41(24)6)19-14-43(15-19)30(47)48-31(2,3)4/h7-10,12,18-19,26H,11,13-16H2,1-6H3/t18-,26+/m1/s1.